The third kappa shape index (κ3) is 2.44. The molecule has 1 fully saturated rings. The monoisotopic (exact) mass is 334 g/mol. The molecule has 114 valence electrons. The van der Waals surface area contributed by atoms with Gasteiger partial charge < -0.3 is 4.74 Å². The van der Waals surface area contributed by atoms with Crippen molar-refractivity contribution in [3.05, 3.63) is 29.3 Å². The maximum Gasteiger partial charge on any atom is 0.409 e. The molecule has 21 heavy (non-hydrogen) atoms. The van der Waals surface area contributed by atoms with Crippen LogP contribution in [0.5, 0.6) is 0 Å². The SMILES string of the molecule is O=S(=O)(N1CCOCC1)C(F)(F)c1nc2ccccc2s1. The minimum Gasteiger partial charge on any atom is -0.379 e. The molecule has 5 nitrogen and oxygen atoms in total. The number of benzene rings is 1. The molecule has 0 amide bonds. The van der Waals surface area contributed by atoms with Crippen LogP contribution in [0.4, 0.5) is 8.78 Å². The second-order valence-corrected chi connectivity index (χ2v) is 7.53. The molecular formula is C12H12F2N2O3S2. The summed E-state index contributed by atoms with van der Waals surface area (Å²) in [6.07, 6.45) is 0. The molecule has 1 aliphatic heterocycles. The Morgan fingerprint density at radius 3 is 2.57 bits per heavy atom. The van der Waals surface area contributed by atoms with E-state index in [1.807, 2.05) is 0 Å². The summed E-state index contributed by atoms with van der Waals surface area (Å²) in [5.74, 6) is 0. The van der Waals surface area contributed by atoms with Crippen molar-refractivity contribution in [2.24, 2.45) is 0 Å². The molecule has 0 spiro atoms. The minimum atomic E-state index is -4.79. The number of hydrogen-bond acceptors (Lipinski definition) is 5. The molecule has 0 saturated carbocycles. The number of para-hydroxylation sites is 1. The highest BCUT2D eigenvalue weighted by Crippen LogP contribution is 2.40. The Bertz CT molecular complexity index is 722. The number of morpholine rings is 1. The van der Waals surface area contributed by atoms with Crippen LogP contribution in [-0.4, -0.2) is 44.0 Å². The topological polar surface area (TPSA) is 59.5 Å². The highest BCUT2D eigenvalue weighted by molar-refractivity contribution is 7.89. The largest absolute Gasteiger partial charge is 0.409 e. The Labute approximate surface area is 124 Å². The first-order valence-electron chi connectivity index (χ1n) is 6.24. The molecule has 0 unspecified atom stereocenters. The number of hydrogen-bond donors (Lipinski definition) is 0. The van der Waals surface area contributed by atoms with Gasteiger partial charge in [-0.15, -0.1) is 11.3 Å². The van der Waals surface area contributed by atoms with Crippen molar-refractivity contribution >= 4 is 31.6 Å². The maximum atomic E-state index is 14.4. The molecular weight excluding hydrogens is 322 g/mol. The van der Waals surface area contributed by atoms with E-state index >= 15 is 0 Å². The zero-order valence-corrected chi connectivity index (χ0v) is 12.5. The van der Waals surface area contributed by atoms with Crippen LogP contribution in [-0.2, 0) is 20.0 Å². The van der Waals surface area contributed by atoms with E-state index in [0.29, 0.717) is 21.6 Å². The van der Waals surface area contributed by atoms with Gasteiger partial charge in [0.05, 0.1) is 23.4 Å². The van der Waals surface area contributed by atoms with Crippen LogP contribution < -0.4 is 0 Å². The zero-order chi connectivity index (χ0) is 15.1. The fraction of sp³-hybridized carbons (Fsp3) is 0.417. The Morgan fingerprint density at radius 1 is 1.24 bits per heavy atom. The van der Waals surface area contributed by atoms with Crippen molar-refractivity contribution in [1.82, 2.24) is 9.29 Å². The second kappa shape index (κ2) is 5.24. The summed E-state index contributed by atoms with van der Waals surface area (Å²) in [5.41, 5.74) is 0.370. The molecule has 1 aromatic heterocycles. The van der Waals surface area contributed by atoms with Crippen LogP contribution in [0.15, 0.2) is 24.3 Å². The van der Waals surface area contributed by atoms with E-state index in [4.69, 9.17) is 4.74 Å². The van der Waals surface area contributed by atoms with Crippen molar-refractivity contribution in [2.75, 3.05) is 26.3 Å². The van der Waals surface area contributed by atoms with E-state index in [2.05, 4.69) is 4.98 Å². The molecule has 1 aromatic carbocycles. The van der Waals surface area contributed by atoms with Gasteiger partial charge in [0, 0.05) is 13.1 Å². The standard InChI is InChI=1S/C12H12F2N2O3S2/c13-12(14,21(17,18)16-5-7-19-8-6-16)11-15-9-3-1-2-4-10(9)20-11/h1-4H,5-8H2. The Kier molecular flexibility index (Phi) is 3.68. The lowest BCUT2D eigenvalue weighted by Crippen LogP contribution is -2.47. The maximum absolute atomic E-state index is 14.4. The van der Waals surface area contributed by atoms with Gasteiger partial charge in [-0.25, -0.2) is 13.4 Å². The van der Waals surface area contributed by atoms with E-state index in [1.54, 1.807) is 24.3 Å². The van der Waals surface area contributed by atoms with Gasteiger partial charge in [-0.2, -0.15) is 13.1 Å². The summed E-state index contributed by atoms with van der Waals surface area (Å²) in [5, 5.41) is -4.73. The highest BCUT2D eigenvalue weighted by Gasteiger charge is 2.53. The number of thiazole rings is 1. The Balaban J connectivity index is 2.01. The van der Waals surface area contributed by atoms with Crippen molar-refractivity contribution < 1.29 is 21.9 Å². The van der Waals surface area contributed by atoms with Crippen molar-refractivity contribution in [1.29, 1.82) is 0 Å². The van der Waals surface area contributed by atoms with Crippen LogP contribution >= 0.6 is 11.3 Å². The molecule has 3 rings (SSSR count). The number of rotatable bonds is 3. The van der Waals surface area contributed by atoms with Gasteiger partial charge in [-0.1, -0.05) is 12.1 Å². The molecule has 0 radical (unpaired) electrons. The van der Waals surface area contributed by atoms with E-state index in [0.717, 1.165) is 4.31 Å². The Morgan fingerprint density at radius 2 is 1.90 bits per heavy atom. The molecule has 1 saturated heterocycles. The van der Waals surface area contributed by atoms with Gasteiger partial charge in [0.2, 0.25) is 0 Å². The zero-order valence-electron chi connectivity index (χ0n) is 10.8. The number of ether oxygens (including phenoxy) is 1. The highest BCUT2D eigenvalue weighted by atomic mass is 32.2. The van der Waals surface area contributed by atoms with E-state index in [1.165, 1.54) is 0 Å². The van der Waals surface area contributed by atoms with Gasteiger partial charge in [0.1, 0.15) is 0 Å². The molecule has 1 aliphatic rings. The molecule has 0 aliphatic carbocycles. The first-order valence-corrected chi connectivity index (χ1v) is 8.50. The average molecular weight is 334 g/mol. The third-order valence-electron chi connectivity index (χ3n) is 3.18. The number of nitrogens with zero attached hydrogens (tertiary/aromatic N) is 2. The quantitative estimate of drug-likeness (QED) is 0.861. The summed E-state index contributed by atoms with van der Waals surface area (Å²) in [4.78, 5) is 3.78. The first kappa shape index (κ1) is 14.8. The molecule has 2 aromatic rings. The number of halogens is 2. The lowest BCUT2D eigenvalue weighted by Gasteiger charge is -2.28. The smallest absolute Gasteiger partial charge is 0.379 e. The molecule has 0 N–H and O–H groups in total. The summed E-state index contributed by atoms with van der Waals surface area (Å²) in [7, 11) is -4.79. The molecule has 0 bridgehead atoms. The summed E-state index contributed by atoms with van der Waals surface area (Å²) in [6, 6.07) is 6.57. The lowest BCUT2D eigenvalue weighted by molar-refractivity contribution is 0.0501. The van der Waals surface area contributed by atoms with Crippen molar-refractivity contribution in [3.63, 3.8) is 0 Å². The Hall–Kier alpha value is -1.16. The van der Waals surface area contributed by atoms with Gasteiger partial charge in [0.15, 0.2) is 5.01 Å². The van der Waals surface area contributed by atoms with Crippen molar-refractivity contribution in [3.8, 4) is 0 Å². The minimum absolute atomic E-state index is 0.0666. The normalized spacial score (nSPS) is 18.2. The number of fused-ring (bicyclic) bond motifs is 1. The van der Waals surface area contributed by atoms with Crippen LogP contribution in [0.1, 0.15) is 5.01 Å². The third-order valence-corrected chi connectivity index (χ3v) is 6.30. The lowest BCUT2D eigenvalue weighted by atomic mass is 10.3. The summed E-state index contributed by atoms with van der Waals surface area (Å²) >= 11 is 0.697. The molecule has 2 heterocycles. The first-order chi connectivity index (χ1) is 9.93. The van der Waals surface area contributed by atoms with Gasteiger partial charge in [0.25, 0.3) is 10.0 Å². The van der Waals surface area contributed by atoms with Gasteiger partial charge >= 0.3 is 5.25 Å². The van der Waals surface area contributed by atoms with E-state index < -0.39 is 20.3 Å². The summed E-state index contributed by atoms with van der Waals surface area (Å²) < 4.78 is 59.5. The predicted octanol–water partition coefficient (Wildman–Crippen LogP) is 2.01. The van der Waals surface area contributed by atoms with Crippen LogP contribution in [0, 0.1) is 0 Å². The number of aromatic nitrogens is 1. The van der Waals surface area contributed by atoms with E-state index in [9.17, 15) is 17.2 Å². The molecule has 9 heteroatoms. The van der Waals surface area contributed by atoms with E-state index in [-0.39, 0.29) is 26.3 Å². The fourth-order valence-corrected chi connectivity index (χ4v) is 4.55. The van der Waals surface area contributed by atoms with Crippen LogP contribution in [0.25, 0.3) is 10.2 Å². The van der Waals surface area contributed by atoms with Crippen LogP contribution in [0.3, 0.4) is 0 Å². The molecule has 0 atom stereocenters. The number of alkyl halides is 2. The van der Waals surface area contributed by atoms with Gasteiger partial charge in [-0.05, 0) is 12.1 Å². The average Bonchev–Trinajstić information content (AvgIpc) is 2.92. The number of sulfonamides is 1. The fourth-order valence-electron chi connectivity index (χ4n) is 2.06. The van der Waals surface area contributed by atoms with Crippen molar-refractivity contribution in [2.45, 2.75) is 5.25 Å². The summed E-state index contributed by atoms with van der Waals surface area (Å²) in [6.45, 7) is 0.107. The van der Waals surface area contributed by atoms with Gasteiger partial charge in [-0.3, -0.25) is 0 Å². The van der Waals surface area contributed by atoms with Crippen LogP contribution in [0.2, 0.25) is 0 Å². The predicted molar refractivity (Wildman–Crippen MR) is 74.8 cm³/mol. The second-order valence-electron chi connectivity index (χ2n) is 4.52.